The van der Waals surface area contributed by atoms with Crippen LogP contribution in [-0.4, -0.2) is 59.1 Å². The van der Waals surface area contributed by atoms with Gasteiger partial charge in [0.15, 0.2) is 5.60 Å². The number of rotatable bonds is 4. The van der Waals surface area contributed by atoms with E-state index in [0.717, 1.165) is 40.9 Å². The maximum atomic E-state index is 13.5. The molecule has 1 aromatic carbocycles. The lowest BCUT2D eigenvalue weighted by atomic mass is 9.86. The van der Waals surface area contributed by atoms with Gasteiger partial charge in [0, 0.05) is 24.2 Å². The topological polar surface area (TPSA) is 100 Å². The van der Waals surface area contributed by atoms with Gasteiger partial charge < -0.3 is 24.2 Å². The van der Waals surface area contributed by atoms with Gasteiger partial charge in [-0.05, 0) is 38.7 Å². The number of hydrogen-bond acceptors (Lipinski definition) is 8. The second-order valence-electron chi connectivity index (χ2n) is 9.30. The van der Waals surface area contributed by atoms with Gasteiger partial charge in [0.05, 0.1) is 52.1 Å². The van der Waals surface area contributed by atoms with Crippen molar-refractivity contribution in [1.29, 1.82) is 0 Å². The molecule has 5 heterocycles. The highest BCUT2D eigenvalue weighted by atomic mass is 16.6. The molecule has 9 nitrogen and oxygen atoms in total. The predicted molar refractivity (Wildman–Crippen MR) is 129 cm³/mol. The number of fused-ring (bicyclic) bond motifs is 5. The first-order valence-electron chi connectivity index (χ1n) is 11.4. The lowest BCUT2D eigenvalue weighted by Gasteiger charge is -2.31. The molecule has 3 aliphatic heterocycles. The van der Waals surface area contributed by atoms with Crippen molar-refractivity contribution < 1.29 is 14.6 Å². The number of aromatic nitrogens is 2. The minimum absolute atomic E-state index is 0.114. The number of ether oxygens (including phenoxy) is 1. The molecule has 6 rings (SSSR count). The molecule has 1 atom stereocenters. The van der Waals surface area contributed by atoms with Crippen molar-refractivity contribution in [3.05, 3.63) is 51.3 Å². The molecular formula is C25H25N5O4. The summed E-state index contributed by atoms with van der Waals surface area (Å²) in [4.78, 5) is 39.8. The molecule has 0 radical (unpaired) electrons. The van der Waals surface area contributed by atoms with Crippen LogP contribution in [0.1, 0.15) is 30.0 Å². The summed E-state index contributed by atoms with van der Waals surface area (Å²) in [5.74, 6) is -0.720. The second kappa shape index (κ2) is 7.22. The highest BCUT2D eigenvalue weighted by molar-refractivity contribution is 6.11. The zero-order valence-corrected chi connectivity index (χ0v) is 19.3. The summed E-state index contributed by atoms with van der Waals surface area (Å²) in [5, 5.41) is 12.1. The van der Waals surface area contributed by atoms with Gasteiger partial charge in [0.25, 0.3) is 5.56 Å². The van der Waals surface area contributed by atoms with E-state index >= 15 is 0 Å². The number of aliphatic hydroxyl groups is 1. The predicted octanol–water partition coefficient (Wildman–Crippen LogP) is 2.12. The van der Waals surface area contributed by atoms with Crippen LogP contribution in [0.3, 0.4) is 0 Å². The number of nitrogens with zero attached hydrogens (tertiary/aromatic N) is 5. The minimum Gasteiger partial charge on any atom is -0.458 e. The molecule has 2 aromatic heterocycles. The fourth-order valence-electron chi connectivity index (χ4n) is 5.18. The van der Waals surface area contributed by atoms with Crippen LogP contribution in [0.2, 0.25) is 0 Å². The van der Waals surface area contributed by atoms with Crippen molar-refractivity contribution in [3.63, 3.8) is 0 Å². The third kappa shape index (κ3) is 2.74. The van der Waals surface area contributed by atoms with Gasteiger partial charge >= 0.3 is 5.97 Å². The summed E-state index contributed by atoms with van der Waals surface area (Å²) in [6.07, 6.45) is 1.96. The maximum absolute atomic E-state index is 13.5. The van der Waals surface area contributed by atoms with Crippen LogP contribution < -0.4 is 10.5 Å². The van der Waals surface area contributed by atoms with Gasteiger partial charge in [0.1, 0.15) is 6.61 Å². The number of esters is 1. The Kier molecular flexibility index (Phi) is 4.46. The average molecular weight is 460 g/mol. The molecule has 0 bridgehead atoms. The van der Waals surface area contributed by atoms with Crippen LogP contribution in [0.4, 0.5) is 11.4 Å². The molecule has 3 aromatic rings. The number of carbonyl (C=O) groups is 1. The molecule has 1 N–H and O–H groups in total. The van der Waals surface area contributed by atoms with E-state index in [9.17, 15) is 14.7 Å². The normalized spacial score (nSPS) is 19.9. The molecule has 0 saturated heterocycles. The van der Waals surface area contributed by atoms with Crippen LogP contribution in [-0.2, 0) is 28.3 Å². The molecule has 0 aliphatic carbocycles. The highest BCUT2D eigenvalue weighted by Gasteiger charge is 2.45. The number of likely N-dealkylation sites (N-methyl/N-ethyl adjacent to an activating group) is 1. The Morgan fingerprint density at radius 2 is 2.06 bits per heavy atom. The van der Waals surface area contributed by atoms with Crippen LogP contribution in [0, 0.1) is 0 Å². The monoisotopic (exact) mass is 459 g/mol. The van der Waals surface area contributed by atoms with E-state index in [-0.39, 0.29) is 18.6 Å². The van der Waals surface area contributed by atoms with E-state index in [2.05, 4.69) is 14.8 Å². The Morgan fingerprint density at radius 3 is 2.82 bits per heavy atom. The quantitative estimate of drug-likeness (QED) is 0.467. The standard InChI is InChI=1S/C25H25N5O4/c1-4-25(33)16-10-19-21-14(11-30(19)23(31)15(16)12-34-24(25)32)22-20-17(6-5-7-18(20)27-21)26-13-29(22)9-8-28(2)3/h5-7,10,13,33H,4,8-9,11-12H2,1-3H3. The second-order valence-corrected chi connectivity index (χ2v) is 9.30. The van der Waals surface area contributed by atoms with Gasteiger partial charge in [-0.3, -0.25) is 4.79 Å². The van der Waals surface area contributed by atoms with Gasteiger partial charge in [-0.2, -0.15) is 0 Å². The fraction of sp³-hybridized carbons (Fsp3) is 0.360. The maximum Gasteiger partial charge on any atom is 0.343 e. The zero-order valence-electron chi connectivity index (χ0n) is 19.3. The summed E-state index contributed by atoms with van der Waals surface area (Å²) >= 11 is 0. The molecule has 3 aliphatic rings. The van der Waals surface area contributed by atoms with Crippen molar-refractivity contribution in [2.24, 2.45) is 4.99 Å². The first-order chi connectivity index (χ1) is 16.3. The number of hydrogen-bond donors (Lipinski definition) is 1. The first kappa shape index (κ1) is 21.0. The third-order valence-electron chi connectivity index (χ3n) is 7.07. The Labute approximate surface area is 195 Å². The van der Waals surface area contributed by atoms with Crippen molar-refractivity contribution >= 4 is 34.6 Å². The van der Waals surface area contributed by atoms with Crippen LogP contribution in [0.25, 0.3) is 22.3 Å². The molecule has 1 unspecified atom stereocenters. The molecule has 0 spiro atoms. The van der Waals surface area contributed by atoms with Crippen molar-refractivity contribution in [2.45, 2.75) is 32.1 Å². The first-order valence-corrected chi connectivity index (χ1v) is 11.4. The lowest BCUT2D eigenvalue weighted by molar-refractivity contribution is -0.172. The highest BCUT2D eigenvalue weighted by Crippen LogP contribution is 2.46. The van der Waals surface area contributed by atoms with Crippen molar-refractivity contribution in [2.75, 3.05) is 32.1 Å². The third-order valence-corrected chi connectivity index (χ3v) is 7.07. The Balaban J connectivity index is 1.61. The number of cyclic esters (lactones) is 1. The van der Waals surface area contributed by atoms with Gasteiger partial charge in [0.2, 0.25) is 0 Å². The van der Waals surface area contributed by atoms with Crippen LogP contribution in [0.5, 0.6) is 0 Å². The number of carbonyl (C=O) groups excluding carboxylic acids is 1. The number of aliphatic imine (C=N–C) groups is 1. The molecular weight excluding hydrogens is 434 g/mol. The lowest BCUT2D eigenvalue weighted by Crippen LogP contribution is -2.44. The molecule has 174 valence electrons. The molecule has 34 heavy (non-hydrogen) atoms. The van der Waals surface area contributed by atoms with Crippen LogP contribution in [0.15, 0.2) is 34.1 Å². The van der Waals surface area contributed by atoms with Crippen molar-refractivity contribution in [1.82, 2.24) is 14.5 Å². The number of pyridine rings is 2. The van der Waals surface area contributed by atoms with E-state index in [4.69, 9.17) is 9.72 Å². The zero-order chi connectivity index (χ0) is 23.8. The minimum atomic E-state index is -1.84. The smallest absolute Gasteiger partial charge is 0.343 e. The van der Waals surface area contributed by atoms with E-state index < -0.39 is 11.6 Å². The van der Waals surface area contributed by atoms with E-state index in [1.165, 1.54) is 0 Å². The summed E-state index contributed by atoms with van der Waals surface area (Å²) in [5.41, 5.74) is 3.45. The molecule has 0 amide bonds. The molecule has 0 saturated carbocycles. The summed E-state index contributed by atoms with van der Waals surface area (Å²) in [7, 11) is 4.06. The SMILES string of the molecule is CCC1(O)C(=O)OCc2c1cc1n(c2=O)Cc2c-1nc1cccc3c1c2N(CCN(C)C)C=N3. The van der Waals surface area contributed by atoms with E-state index in [0.29, 0.717) is 29.1 Å². The Bertz CT molecular complexity index is 1470. The molecule has 0 fully saturated rings. The Morgan fingerprint density at radius 1 is 1.24 bits per heavy atom. The van der Waals surface area contributed by atoms with Gasteiger partial charge in [-0.15, -0.1) is 0 Å². The molecule has 9 heteroatoms. The van der Waals surface area contributed by atoms with Crippen LogP contribution >= 0.6 is 0 Å². The van der Waals surface area contributed by atoms with Gasteiger partial charge in [-0.25, -0.2) is 14.8 Å². The summed E-state index contributed by atoms with van der Waals surface area (Å²) < 4.78 is 6.86. The average Bonchev–Trinajstić information content (AvgIpc) is 3.20. The Hall–Kier alpha value is -3.56. The van der Waals surface area contributed by atoms with E-state index in [1.807, 2.05) is 38.6 Å². The summed E-state index contributed by atoms with van der Waals surface area (Å²) in [6.45, 7) is 3.48. The fourth-order valence-corrected chi connectivity index (χ4v) is 5.18. The number of anilines is 1. The van der Waals surface area contributed by atoms with E-state index in [1.54, 1.807) is 17.6 Å². The largest absolute Gasteiger partial charge is 0.458 e. The van der Waals surface area contributed by atoms with Crippen molar-refractivity contribution in [3.8, 4) is 11.4 Å². The number of benzene rings is 1. The van der Waals surface area contributed by atoms with Gasteiger partial charge in [-0.1, -0.05) is 13.0 Å². The summed E-state index contributed by atoms with van der Waals surface area (Å²) in [6, 6.07) is 7.60.